The maximum Gasteiger partial charge on any atom is -0.0184 e. The van der Waals surface area contributed by atoms with Crippen LogP contribution in [0.2, 0.25) is 0 Å². The zero-order valence-electron chi connectivity index (χ0n) is 29.0. The fourth-order valence-electron chi connectivity index (χ4n) is 2.33. The Balaban J connectivity index is -0.0000000934. The SMILES string of the molecule is C.CC.CC.CC.CC.CCC.CCC.Cc1ccccc1.Cc1ccccc1.c1ccc(-c2ccccc2)cc1. The molecule has 0 N–H and O–H groups in total. The summed E-state index contributed by atoms with van der Waals surface area (Å²) < 4.78 is 0. The van der Waals surface area contributed by atoms with Crippen LogP contribution in [0.15, 0.2) is 121 Å². The number of aryl methyl sites for hydroxylation is 2. The molecule has 0 saturated carbocycles. The summed E-state index contributed by atoms with van der Waals surface area (Å²) >= 11 is 0. The van der Waals surface area contributed by atoms with Gasteiger partial charge in [-0.15, -0.1) is 0 Å². The lowest BCUT2D eigenvalue weighted by Gasteiger charge is -1.98. The molecule has 4 aromatic rings. The minimum Gasteiger partial charge on any atom is -0.0776 e. The van der Waals surface area contributed by atoms with Gasteiger partial charge in [-0.2, -0.15) is 0 Å². The molecular weight excluding hydrogens is 492 g/mol. The molecule has 4 aromatic carbocycles. The van der Waals surface area contributed by atoms with E-state index in [1.807, 2.05) is 104 Å². The van der Waals surface area contributed by atoms with E-state index in [2.05, 4.69) is 114 Å². The van der Waals surface area contributed by atoms with Crippen LogP contribution in [0.5, 0.6) is 0 Å². The minimum absolute atomic E-state index is 0. The van der Waals surface area contributed by atoms with Crippen molar-refractivity contribution in [2.24, 2.45) is 0 Å². The Morgan fingerprint density at radius 1 is 0.317 bits per heavy atom. The molecule has 0 fully saturated rings. The molecule has 0 aliphatic rings. The van der Waals surface area contributed by atoms with Gasteiger partial charge in [-0.05, 0) is 25.0 Å². The average molecular weight is 563 g/mol. The molecule has 0 aliphatic carbocycles. The standard InChI is InChI=1S/C12H10.2C7H8.2C3H8.4C2H6.CH4/c1-3-7-11(8-4-1)12-9-5-2-6-10-12;2*1-7-5-3-2-4-6-7;2*1-3-2;4*1-2;/h1-10H;2*2-6H,1H3;2*3H2,1-2H3;4*1-2H3;1H4. The van der Waals surface area contributed by atoms with Gasteiger partial charge >= 0.3 is 0 Å². The van der Waals surface area contributed by atoms with E-state index >= 15 is 0 Å². The Morgan fingerprint density at radius 2 is 0.463 bits per heavy atom. The van der Waals surface area contributed by atoms with Crippen LogP contribution in [0.25, 0.3) is 11.1 Å². The third-order valence-corrected chi connectivity index (χ3v) is 3.76. The van der Waals surface area contributed by atoms with Crippen molar-refractivity contribution in [2.75, 3.05) is 0 Å². The molecule has 0 nitrogen and oxygen atoms in total. The summed E-state index contributed by atoms with van der Waals surface area (Å²) in [7, 11) is 0. The van der Waals surface area contributed by atoms with Crippen molar-refractivity contribution in [1.29, 1.82) is 0 Å². The summed E-state index contributed by atoms with van der Waals surface area (Å²) in [6.07, 6.45) is 2.50. The second kappa shape index (κ2) is 49.8. The number of rotatable bonds is 1. The lowest BCUT2D eigenvalue weighted by molar-refractivity contribution is 1.09. The van der Waals surface area contributed by atoms with Gasteiger partial charge in [-0.1, -0.05) is 236 Å². The van der Waals surface area contributed by atoms with Gasteiger partial charge in [0.2, 0.25) is 0 Å². The van der Waals surface area contributed by atoms with Crippen LogP contribution < -0.4 is 0 Å². The second-order valence-corrected chi connectivity index (χ2v) is 7.46. The van der Waals surface area contributed by atoms with Crippen LogP contribution >= 0.6 is 0 Å². The van der Waals surface area contributed by atoms with E-state index < -0.39 is 0 Å². The quantitative estimate of drug-likeness (QED) is 0.216. The van der Waals surface area contributed by atoms with Gasteiger partial charge < -0.3 is 0 Å². The molecule has 234 valence electrons. The van der Waals surface area contributed by atoms with Crippen LogP contribution in [0.1, 0.15) is 114 Å². The average Bonchev–Trinajstić information content (AvgIpc) is 3.04. The molecule has 0 heteroatoms. The largest absolute Gasteiger partial charge is 0.0776 e. The minimum atomic E-state index is 0. The first kappa shape index (κ1) is 50.7. The van der Waals surface area contributed by atoms with E-state index in [1.165, 1.54) is 35.1 Å². The Bertz CT molecular complexity index is 774. The Hall–Kier alpha value is -3.12. The fourth-order valence-corrected chi connectivity index (χ4v) is 2.33. The first-order valence-corrected chi connectivity index (χ1v) is 15.7. The van der Waals surface area contributed by atoms with Crippen molar-refractivity contribution >= 4 is 0 Å². The normalized spacial score (nSPS) is 7.27. The molecule has 0 spiro atoms. The van der Waals surface area contributed by atoms with Crippen molar-refractivity contribution in [1.82, 2.24) is 0 Å². The van der Waals surface area contributed by atoms with Crippen LogP contribution in [-0.2, 0) is 0 Å². The highest BCUT2D eigenvalue weighted by Gasteiger charge is 1.91. The van der Waals surface area contributed by atoms with Gasteiger partial charge in [-0.25, -0.2) is 0 Å². The number of benzene rings is 4. The molecule has 0 unspecified atom stereocenters. The topological polar surface area (TPSA) is 0 Å². The Morgan fingerprint density at radius 3 is 0.585 bits per heavy atom. The van der Waals surface area contributed by atoms with Crippen LogP contribution in [-0.4, -0.2) is 0 Å². The molecule has 0 aromatic heterocycles. The summed E-state index contributed by atoms with van der Waals surface area (Å²) in [5, 5.41) is 0. The molecule has 0 atom stereocenters. The first-order valence-electron chi connectivity index (χ1n) is 15.7. The first-order chi connectivity index (χ1) is 19.6. The summed E-state index contributed by atoms with van der Waals surface area (Å²) in [6, 6.07) is 41.3. The van der Waals surface area contributed by atoms with E-state index in [0.29, 0.717) is 0 Å². The van der Waals surface area contributed by atoms with Gasteiger partial charge in [0.1, 0.15) is 0 Å². The van der Waals surface area contributed by atoms with Gasteiger partial charge in [0.15, 0.2) is 0 Å². The third-order valence-electron chi connectivity index (χ3n) is 3.76. The Kier molecular flexibility index (Phi) is 61.6. The molecule has 0 heterocycles. The van der Waals surface area contributed by atoms with E-state index in [0.717, 1.165) is 0 Å². The van der Waals surface area contributed by atoms with E-state index in [4.69, 9.17) is 0 Å². The van der Waals surface area contributed by atoms with Crippen molar-refractivity contribution in [3.63, 3.8) is 0 Å². The fraction of sp³-hybridized carbons (Fsp3) is 0.415. The van der Waals surface area contributed by atoms with E-state index in [-0.39, 0.29) is 7.43 Å². The molecule has 0 bridgehead atoms. The van der Waals surface area contributed by atoms with Crippen molar-refractivity contribution in [2.45, 2.75) is 117 Å². The summed E-state index contributed by atoms with van der Waals surface area (Å²) in [5.41, 5.74) is 5.20. The summed E-state index contributed by atoms with van der Waals surface area (Å²) in [5.74, 6) is 0. The van der Waals surface area contributed by atoms with E-state index in [9.17, 15) is 0 Å². The maximum atomic E-state index is 2.12. The van der Waals surface area contributed by atoms with Crippen LogP contribution in [0.3, 0.4) is 0 Å². The summed E-state index contributed by atoms with van der Waals surface area (Å²) in [6.45, 7) is 28.7. The zero-order valence-corrected chi connectivity index (χ0v) is 29.0. The maximum absolute atomic E-state index is 2.12. The van der Waals surface area contributed by atoms with E-state index in [1.54, 1.807) is 0 Å². The highest BCUT2D eigenvalue weighted by Crippen LogP contribution is 2.17. The van der Waals surface area contributed by atoms with Gasteiger partial charge in [0.25, 0.3) is 0 Å². The van der Waals surface area contributed by atoms with Crippen LogP contribution in [0, 0.1) is 13.8 Å². The lowest BCUT2D eigenvalue weighted by atomic mass is 10.1. The lowest BCUT2D eigenvalue weighted by Crippen LogP contribution is -1.73. The van der Waals surface area contributed by atoms with Crippen molar-refractivity contribution in [3.8, 4) is 11.1 Å². The van der Waals surface area contributed by atoms with Gasteiger partial charge in [-0.3, -0.25) is 0 Å². The van der Waals surface area contributed by atoms with Gasteiger partial charge in [0, 0.05) is 0 Å². The van der Waals surface area contributed by atoms with Crippen LogP contribution in [0.4, 0.5) is 0 Å². The molecule has 4 rings (SSSR count). The highest BCUT2D eigenvalue weighted by molar-refractivity contribution is 5.62. The number of hydrogen-bond donors (Lipinski definition) is 0. The van der Waals surface area contributed by atoms with Crippen molar-refractivity contribution in [3.05, 3.63) is 132 Å². The molecule has 0 amide bonds. The smallest absolute Gasteiger partial charge is 0.0184 e. The highest BCUT2D eigenvalue weighted by atomic mass is 14.0. The molecule has 41 heavy (non-hydrogen) atoms. The number of hydrogen-bond acceptors (Lipinski definition) is 0. The Labute approximate surface area is 260 Å². The van der Waals surface area contributed by atoms with Gasteiger partial charge in [0.05, 0.1) is 0 Å². The second-order valence-electron chi connectivity index (χ2n) is 7.46. The van der Waals surface area contributed by atoms with Crippen molar-refractivity contribution < 1.29 is 0 Å². The molecular formula is C41H70. The third kappa shape index (κ3) is 41.5. The summed E-state index contributed by atoms with van der Waals surface area (Å²) in [4.78, 5) is 0. The molecule has 0 saturated heterocycles. The molecule has 0 radical (unpaired) electrons. The zero-order chi connectivity index (χ0) is 31.9. The predicted molar refractivity (Wildman–Crippen MR) is 198 cm³/mol. The monoisotopic (exact) mass is 563 g/mol. The predicted octanol–water partition coefficient (Wildman–Crippen LogP) is 14.9. The molecule has 0 aliphatic heterocycles.